The summed E-state index contributed by atoms with van der Waals surface area (Å²) in [5.41, 5.74) is 0.905. The highest BCUT2D eigenvalue weighted by Crippen LogP contribution is 2.65. The zero-order valence-electron chi connectivity index (χ0n) is 22.0. The van der Waals surface area contributed by atoms with Gasteiger partial charge in [-0.15, -0.1) is 0 Å². The molecule has 200 valence electrons. The highest BCUT2D eigenvalue weighted by molar-refractivity contribution is 7.72. The Labute approximate surface area is 217 Å². The van der Waals surface area contributed by atoms with Crippen LogP contribution in [-0.4, -0.2) is 42.6 Å². The lowest BCUT2D eigenvalue weighted by molar-refractivity contribution is -0.137. The molecule has 1 aliphatic heterocycles. The molecule has 0 N–H and O–H groups in total. The Bertz CT molecular complexity index is 1270. The predicted octanol–water partition coefficient (Wildman–Crippen LogP) is 7.70. The molecule has 0 aliphatic carbocycles. The summed E-state index contributed by atoms with van der Waals surface area (Å²) < 4.78 is 61.4. The summed E-state index contributed by atoms with van der Waals surface area (Å²) in [5.74, 6) is 1.55. The summed E-state index contributed by atoms with van der Waals surface area (Å²) in [4.78, 5) is 2.27. The third kappa shape index (κ3) is 5.46. The first kappa shape index (κ1) is 27.3. The first-order chi connectivity index (χ1) is 17.5. The number of nitrogens with zero attached hydrogens (tertiary/aromatic N) is 3. The van der Waals surface area contributed by atoms with Gasteiger partial charge in [0, 0.05) is 31.3 Å². The second-order valence-electron chi connectivity index (χ2n) is 10.1. The Morgan fingerprint density at radius 2 is 1.57 bits per heavy atom. The van der Waals surface area contributed by atoms with Crippen LogP contribution in [0.1, 0.15) is 39.0 Å². The number of hydrogen-bond donors (Lipinski definition) is 0. The fourth-order valence-electron chi connectivity index (χ4n) is 4.92. The van der Waals surface area contributed by atoms with E-state index in [9.17, 15) is 13.2 Å². The molecule has 5 nitrogen and oxygen atoms in total. The fraction of sp³-hybridized carbons (Fsp3) is 0.429. The Hall–Kier alpha value is -2.70. The van der Waals surface area contributed by atoms with Crippen molar-refractivity contribution in [2.75, 3.05) is 37.7 Å². The minimum atomic E-state index is -4.51. The van der Waals surface area contributed by atoms with E-state index in [2.05, 4.69) is 30.3 Å². The molecule has 1 aliphatic rings. The largest absolute Gasteiger partial charge is 0.492 e. The molecule has 0 amide bonds. The standard InChI is InChI=1S/C28H35F3N3O2P/c1-6-35-25-14-10-9-13-24(25)33-17-19-34(20-18-33)37(27(3,4)5,26-16-15-21(2)36-26)32-23-12-8-7-11-22(23)28(29,30)31/h7-16H,6,17-20H2,1-5H3/t37-/m0/s1. The molecule has 1 aromatic heterocycles. The van der Waals surface area contributed by atoms with Crippen molar-refractivity contribution >= 4 is 24.1 Å². The van der Waals surface area contributed by atoms with E-state index < -0.39 is 24.1 Å². The Morgan fingerprint density at radius 3 is 2.16 bits per heavy atom. The number of rotatable bonds is 6. The number of halogens is 3. The van der Waals surface area contributed by atoms with Gasteiger partial charge < -0.3 is 14.1 Å². The van der Waals surface area contributed by atoms with Crippen molar-refractivity contribution in [2.45, 2.75) is 46.0 Å². The monoisotopic (exact) mass is 533 g/mol. The third-order valence-electron chi connectivity index (χ3n) is 6.60. The minimum absolute atomic E-state index is 0.0450. The lowest BCUT2D eigenvalue weighted by atomic mass is 10.2. The summed E-state index contributed by atoms with van der Waals surface area (Å²) in [6.45, 7) is 13.2. The van der Waals surface area contributed by atoms with Crippen molar-refractivity contribution in [2.24, 2.45) is 4.74 Å². The molecular formula is C28H35F3N3O2P. The zero-order valence-corrected chi connectivity index (χ0v) is 22.9. The second-order valence-corrected chi connectivity index (χ2v) is 13.9. The molecule has 37 heavy (non-hydrogen) atoms. The molecule has 0 spiro atoms. The Kier molecular flexibility index (Phi) is 7.82. The van der Waals surface area contributed by atoms with Crippen LogP contribution in [0.3, 0.4) is 0 Å². The topological polar surface area (TPSA) is 41.2 Å². The number of alkyl halides is 3. The van der Waals surface area contributed by atoms with E-state index in [0.717, 1.165) is 17.5 Å². The number of ether oxygens (including phenoxy) is 1. The molecule has 4 rings (SSSR count). The van der Waals surface area contributed by atoms with Crippen molar-refractivity contribution in [3.8, 4) is 5.75 Å². The van der Waals surface area contributed by atoms with Gasteiger partial charge in [-0.25, -0.2) is 4.74 Å². The van der Waals surface area contributed by atoms with Crippen molar-refractivity contribution in [3.05, 3.63) is 72.0 Å². The van der Waals surface area contributed by atoms with Crippen LogP contribution in [0.4, 0.5) is 24.5 Å². The van der Waals surface area contributed by atoms with Gasteiger partial charge in [-0.2, -0.15) is 13.2 Å². The number of piperazine rings is 1. The molecule has 1 fully saturated rings. The van der Waals surface area contributed by atoms with Gasteiger partial charge in [-0.05, 0) is 50.2 Å². The number of anilines is 1. The first-order valence-electron chi connectivity index (χ1n) is 12.5. The van der Waals surface area contributed by atoms with Gasteiger partial charge in [-0.3, -0.25) is 4.67 Å². The molecule has 0 saturated carbocycles. The molecule has 0 radical (unpaired) electrons. The smallest absolute Gasteiger partial charge is 0.418 e. The van der Waals surface area contributed by atoms with Crippen LogP contribution >= 0.6 is 7.21 Å². The third-order valence-corrected chi connectivity index (χ3v) is 11.1. The van der Waals surface area contributed by atoms with E-state index in [-0.39, 0.29) is 5.69 Å². The van der Waals surface area contributed by atoms with Crippen LogP contribution in [0.25, 0.3) is 0 Å². The van der Waals surface area contributed by atoms with Gasteiger partial charge in [0.25, 0.3) is 0 Å². The summed E-state index contributed by atoms with van der Waals surface area (Å²) in [7, 11) is -2.81. The normalized spacial score (nSPS) is 16.9. The highest BCUT2D eigenvalue weighted by atomic mass is 31.2. The number of para-hydroxylation sites is 2. The quantitative estimate of drug-likeness (QED) is 0.305. The van der Waals surface area contributed by atoms with Crippen LogP contribution in [-0.2, 0) is 6.18 Å². The summed E-state index contributed by atoms with van der Waals surface area (Å²) in [5, 5.41) is -0.485. The summed E-state index contributed by atoms with van der Waals surface area (Å²) >= 11 is 0. The molecule has 0 unspecified atom stereocenters. The summed E-state index contributed by atoms with van der Waals surface area (Å²) in [6, 6.07) is 17.3. The fourth-order valence-corrected chi connectivity index (χ4v) is 9.04. The van der Waals surface area contributed by atoms with Gasteiger partial charge in [0.15, 0.2) is 5.50 Å². The van der Waals surface area contributed by atoms with Gasteiger partial charge in [0.05, 0.1) is 23.5 Å². The molecule has 1 atom stereocenters. The SMILES string of the molecule is CCOc1ccccc1N1CCN([P@@](=Nc2ccccc2C(F)(F)F)(c2ccc(C)o2)C(C)(C)C)CC1. The van der Waals surface area contributed by atoms with E-state index in [1.807, 2.05) is 50.2 Å². The van der Waals surface area contributed by atoms with Crippen LogP contribution in [0, 0.1) is 6.92 Å². The van der Waals surface area contributed by atoms with Gasteiger partial charge >= 0.3 is 6.18 Å². The minimum Gasteiger partial charge on any atom is -0.492 e. The second kappa shape index (κ2) is 10.6. The van der Waals surface area contributed by atoms with Gasteiger partial charge in [0.1, 0.15) is 18.7 Å². The number of furan rings is 1. The molecular weight excluding hydrogens is 498 g/mol. The Balaban J connectivity index is 1.82. The van der Waals surface area contributed by atoms with Gasteiger partial charge in [0.2, 0.25) is 0 Å². The number of aryl methyl sites for hydroxylation is 1. The van der Waals surface area contributed by atoms with Crippen molar-refractivity contribution in [3.63, 3.8) is 0 Å². The maximum atomic E-state index is 14.0. The number of benzene rings is 2. The average Bonchev–Trinajstić information content (AvgIpc) is 3.28. The van der Waals surface area contributed by atoms with Crippen molar-refractivity contribution in [1.29, 1.82) is 0 Å². The Morgan fingerprint density at radius 1 is 0.919 bits per heavy atom. The van der Waals surface area contributed by atoms with E-state index in [0.29, 0.717) is 44.0 Å². The maximum absolute atomic E-state index is 14.0. The number of hydrogen-bond acceptors (Lipinski definition) is 4. The lowest BCUT2D eigenvalue weighted by Crippen LogP contribution is -2.48. The molecule has 1 saturated heterocycles. The van der Waals surface area contributed by atoms with E-state index in [1.165, 1.54) is 12.1 Å². The van der Waals surface area contributed by atoms with E-state index >= 15 is 0 Å². The van der Waals surface area contributed by atoms with Crippen LogP contribution in [0.2, 0.25) is 0 Å². The van der Waals surface area contributed by atoms with E-state index in [4.69, 9.17) is 13.9 Å². The average molecular weight is 534 g/mol. The molecule has 9 heteroatoms. The highest BCUT2D eigenvalue weighted by Gasteiger charge is 2.45. The van der Waals surface area contributed by atoms with E-state index in [1.54, 1.807) is 6.07 Å². The zero-order chi connectivity index (χ0) is 26.8. The maximum Gasteiger partial charge on any atom is 0.418 e. The van der Waals surface area contributed by atoms with Crippen LogP contribution < -0.4 is 15.1 Å². The molecule has 2 heterocycles. The van der Waals surface area contributed by atoms with Crippen LogP contribution in [0.5, 0.6) is 5.75 Å². The molecule has 3 aromatic rings. The molecule has 2 aromatic carbocycles. The van der Waals surface area contributed by atoms with Crippen molar-refractivity contribution in [1.82, 2.24) is 4.67 Å². The predicted molar refractivity (Wildman–Crippen MR) is 145 cm³/mol. The van der Waals surface area contributed by atoms with Crippen molar-refractivity contribution < 1.29 is 22.3 Å². The van der Waals surface area contributed by atoms with Crippen LogP contribution in [0.15, 0.2) is 69.8 Å². The first-order valence-corrected chi connectivity index (χ1v) is 14.2. The summed E-state index contributed by atoms with van der Waals surface area (Å²) in [6.07, 6.45) is -4.51. The molecule has 0 bridgehead atoms. The van der Waals surface area contributed by atoms with Gasteiger partial charge in [-0.1, -0.05) is 45.0 Å². The lowest BCUT2D eigenvalue weighted by Gasteiger charge is -2.47.